The zero-order chi connectivity index (χ0) is 22.6. The van der Waals surface area contributed by atoms with E-state index in [1.54, 1.807) is 25.1 Å². The molecular weight excluding hydrogens is 400 g/mol. The maximum atomic E-state index is 12.3. The summed E-state index contributed by atoms with van der Waals surface area (Å²) in [6.07, 6.45) is 2.16. The van der Waals surface area contributed by atoms with Crippen molar-refractivity contribution in [2.24, 2.45) is 5.10 Å². The highest BCUT2D eigenvalue weighted by Gasteiger charge is 2.11. The molecule has 2 aromatic carbocycles. The van der Waals surface area contributed by atoms with E-state index >= 15 is 0 Å². The van der Waals surface area contributed by atoms with Gasteiger partial charge in [0.1, 0.15) is 0 Å². The summed E-state index contributed by atoms with van der Waals surface area (Å²) in [5.41, 5.74) is 4.53. The summed E-state index contributed by atoms with van der Waals surface area (Å²) in [5, 5.41) is 8.95. The Bertz CT molecular complexity index is 959. The van der Waals surface area contributed by atoms with Crippen LogP contribution in [0, 0.1) is 0 Å². The number of rotatable bonds is 9. The van der Waals surface area contributed by atoms with E-state index in [0.717, 1.165) is 17.7 Å². The first kappa shape index (κ1) is 23.4. The molecule has 2 rings (SSSR count). The summed E-state index contributed by atoms with van der Waals surface area (Å²) < 4.78 is 10.9. The molecule has 0 atom stereocenters. The average Bonchev–Trinajstić information content (AvgIpc) is 2.78. The standard InChI is InChI=1S/C22H26N4O5/c1-4-16-8-6-7-9-17(16)25-20(27)14-31-18-11-10-15(12-19(18)30-3)13-24-26-22(29)21(28)23-5-2/h6-13H,4-5,14H2,1-3H3,(H,23,28)(H,25,27)(H,26,29)/b24-13-. The van der Waals surface area contributed by atoms with Crippen LogP contribution in [0.15, 0.2) is 47.6 Å². The molecule has 31 heavy (non-hydrogen) atoms. The lowest BCUT2D eigenvalue weighted by molar-refractivity contribution is -0.139. The zero-order valence-corrected chi connectivity index (χ0v) is 17.7. The second-order valence-corrected chi connectivity index (χ2v) is 6.32. The van der Waals surface area contributed by atoms with Crippen LogP contribution in [-0.4, -0.2) is 44.2 Å². The first-order valence-electron chi connectivity index (χ1n) is 9.78. The number of ether oxygens (including phenoxy) is 2. The summed E-state index contributed by atoms with van der Waals surface area (Å²) in [6, 6.07) is 12.5. The Hall–Kier alpha value is -3.88. The maximum Gasteiger partial charge on any atom is 0.329 e. The number of aryl methyl sites for hydroxylation is 1. The minimum absolute atomic E-state index is 0.190. The highest BCUT2D eigenvalue weighted by atomic mass is 16.5. The second kappa shape index (κ2) is 12.0. The van der Waals surface area contributed by atoms with Gasteiger partial charge in [0.05, 0.1) is 13.3 Å². The van der Waals surface area contributed by atoms with Gasteiger partial charge in [0, 0.05) is 12.2 Å². The van der Waals surface area contributed by atoms with E-state index in [1.165, 1.54) is 13.3 Å². The molecule has 164 valence electrons. The fourth-order valence-electron chi connectivity index (χ4n) is 2.62. The van der Waals surface area contributed by atoms with E-state index in [0.29, 0.717) is 23.6 Å². The van der Waals surface area contributed by atoms with Crippen LogP contribution in [0.4, 0.5) is 5.69 Å². The summed E-state index contributed by atoms with van der Waals surface area (Å²) in [4.78, 5) is 35.1. The quantitative estimate of drug-likeness (QED) is 0.321. The van der Waals surface area contributed by atoms with Crippen LogP contribution in [-0.2, 0) is 20.8 Å². The second-order valence-electron chi connectivity index (χ2n) is 6.32. The molecule has 0 radical (unpaired) electrons. The lowest BCUT2D eigenvalue weighted by Gasteiger charge is -2.13. The van der Waals surface area contributed by atoms with E-state index in [9.17, 15) is 14.4 Å². The minimum atomic E-state index is -0.860. The van der Waals surface area contributed by atoms with Gasteiger partial charge < -0.3 is 20.1 Å². The SMILES string of the molecule is CCNC(=O)C(=O)N/N=C\c1ccc(OCC(=O)Nc2ccccc2CC)c(OC)c1. The molecule has 0 unspecified atom stereocenters. The van der Waals surface area contributed by atoms with Crippen molar-refractivity contribution in [1.82, 2.24) is 10.7 Å². The molecule has 0 aliphatic carbocycles. The molecular formula is C22H26N4O5. The van der Waals surface area contributed by atoms with Crippen molar-refractivity contribution in [3.05, 3.63) is 53.6 Å². The van der Waals surface area contributed by atoms with Gasteiger partial charge in [-0.15, -0.1) is 0 Å². The van der Waals surface area contributed by atoms with Gasteiger partial charge in [-0.3, -0.25) is 14.4 Å². The number of carbonyl (C=O) groups is 3. The van der Waals surface area contributed by atoms with Gasteiger partial charge >= 0.3 is 11.8 Å². The highest BCUT2D eigenvalue weighted by Crippen LogP contribution is 2.27. The number of hydrogen-bond acceptors (Lipinski definition) is 6. The number of para-hydroxylation sites is 1. The first-order chi connectivity index (χ1) is 15.0. The molecule has 3 amide bonds. The normalized spacial score (nSPS) is 10.4. The van der Waals surface area contributed by atoms with E-state index < -0.39 is 11.8 Å². The number of nitrogens with one attached hydrogen (secondary N) is 3. The molecule has 2 aromatic rings. The lowest BCUT2D eigenvalue weighted by Crippen LogP contribution is -2.37. The van der Waals surface area contributed by atoms with E-state index in [2.05, 4.69) is 21.2 Å². The Balaban J connectivity index is 1.95. The lowest BCUT2D eigenvalue weighted by atomic mass is 10.1. The van der Waals surface area contributed by atoms with Gasteiger partial charge in [0.15, 0.2) is 18.1 Å². The highest BCUT2D eigenvalue weighted by molar-refractivity contribution is 6.35. The summed E-state index contributed by atoms with van der Waals surface area (Å²) in [5.74, 6) is -1.14. The number of hydrogen-bond donors (Lipinski definition) is 3. The van der Waals surface area contributed by atoms with Crippen LogP contribution in [0.3, 0.4) is 0 Å². The molecule has 0 aliphatic rings. The Morgan fingerprint density at radius 3 is 2.52 bits per heavy atom. The molecule has 9 nitrogen and oxygen atoms in total. The largest absolute Gasteiger partial charge is 0.493 e. The van der Waals surface area contributed by atoms with E-state index in [4.69, 9.17) is 9.47 Å². The van der Waals surface area contributed by atoms with Crippen molar-refractivity contribution in [2.75, 3.05) is 25.6 Å². The predicted octanol–water partition coefficient (Wildman–Crippen LogP) is 1.86. The van der Waals surface area contributed by atoms with Crippen LogP contribution in [0.25, 0.3) is 0 Å². The molecule has 0 saturated heterocycles. The summed E-state index contributed by atoms with van der Waals surface area (Å²) >= 11 is 0. The van der Waals surface area contributed by atoms with Crippen molar-refractivity contribution in [3.8, 4) is 11.5 Å². The van der Waals surface area contributed by atoms with Gasteiger partial charge in [0.25, 0.3) is 5.91 Å². The van der Waals surface area contributed by atoms with Gasteiger partial charge in [-0.25, -0.2) is 5.43 Å². The molecule has 0 fully saturated rings. The predicted molar refractivity (Wildman–Crippen MR) is 117 cm³/mol. The van der Waals surface area contributed by atoms with Crippen LogP contribution >= 0.6 is 0 Å². The third kappa shape index (κ3) is 7.14. The first-order valence-corrected chi connectivity index (χ1v) is 9.78. The Morgan fingerprint density at radius 1 is 1.03 bits per heavy atom. The van der Waals surface area contributed by atoms with Crippen LogP contribution in [0.5, 0.6) is 11.5 Å². The molecule has 0 bridgehead atoms. The Kier molecular flexibility index (Phi) is 9.03. The van der Waals surface area contributed by atoms with Crippen molar-refractivity contribution in [3.63, 3.8) is 0 Å². The van der Waals surface area contributed by atoms with Crippen molar-refractivity contribution in [1.29, 1.82) is 0 Å². The van der Waals surface area contributed by atoms with Gasteiger partial charge in [-0.1, -0.05) is 25.1 Å². The van der Waals surface area contributed by atoms with Crippen molar-refractivity contribution in [2.45, 2.75) is 20.3 Å². The number of carbonyl (C=O) groups excluding carboxylic acids is 3. The maximum absolute atomic E-state index is 12.3. The molecule has 0 aromatic heterocycles. The van der Waals surface area contributed by atoms with E-state index in [1.807, 2.05) is 31.2 Å². The van der Waals surface area contributed by atoms with Gasteiger partial charge in [-0.05, 0) is 48.7 Å². The van der Waals surface area contributed by atoms with Gasteiger partial charge in [-0.2, -0.15) is 5.10 Å². The topological polar surface area (TPSA) is 118 Å². The van der Waals surface area contributed by atoms with Crippen LogP contribution < -0.4 is 25.5 Å². The molecule has 3 N–H and O–H groups in total. The smallest absolute Gasteiger partial charge is 0.329 e. The Labute approximate surface area is 180 Å². The Morgan fingerprint density at radius 2 is 1.81 bits per heavy atom. The number of hydrazone groups is 1. The molecule has 0 saturated carbocycles. The van der Waals surface area contributed by atoms with Crippen molar-refractivity contribution >= 4 is 29.6 Å². The molecule has 9 heteroatoms. The summed E-state index contributed by atoms with van der Waals surface area (Å²) in [7, 11) is 1.47. The number of methoxy groups -OCH3 is 1. The number of anilines is 1. The molecule has 0 spiro atoms. The van der Waals surface area contributed by atoms with E-state index in [-0.39, 0.29) is 12.5 Å². The summed E-state index contributed by atoms with van der Waals surface area (Å²) in [6.45, 7) is 3.88. The molecule has 0 heterocycles. The minimum Gasteiger partial charge on any atom is -0.493 e. The van der Waals surface area contributed by atoms with Crippen molar-refractivity contribution < 1.29 is 23.9 Å². The fourth-order valence-corrected chi connectivity index (χ4v) is 2.62. The third-order valence-corrected chi connectivity index (χ3v) is 4.14. The third-order valence-electron chi connectivity index (χ3n) is 4.14. The van der Waals surface area contributed by atoms with Gasteiger partial charge in [0.2, 0.25) is 0 Å². The number of likely N-dealkylation sites (N-methyl/N-ethyl adjacent to an activating group) is 1. The zero-order valence-electron chi connectivity index (χ0n) is 17.7. The monoisotopic (exact) mass is 426 g/mol. The molecule has 0 aliphatic heterocycles. The number of nitrogens with zero attached hydrogens (tertiary/aromatic N) is 1. The van der Waals surface area contributed by atoms with Crippen LogP contribution in [0.2, 0.25) is 0 Å². The number of benzene rings is 2. The number of amides is 3. The average molecular weight is 426 g/mol. The fraction of sp³-hybridized carbons (Fsp3) is 0.273. The van der Waals surface area contributed by atoms with Crippen LogP contribution in [0.1, 0.15) is 25.0 Å².